The highest BCUT2D eigenvalue weighted by molar-refractivity contribution is 5.80. The summed E-state index contributed by atoms with van der Waals surface area (Å²) in [7, 11) is 0. The van der Waals surface area contributed by atoms with E-state index in [1.165, 1.54) is 12.8 Å². The molecule has 0 aromatic heterocycles. The van der Waals surface area contributed by atoms with E-state index in [4.69, 9.17) is 9.47 Å². The third-order valence-electron chi connectivity index (χ3n) is 2.77. The minimum absolute atomic E-state index is 0.0499. The summed E-state index contributed by atoms with van der Waals surface area (Å²) < 4.78 is 10.5. The lowest BCUT2D eigenvalue weighted by molar-refractivity contribution is -0.147. The number of carbonyl (C=O) groups is 1. The van der Waals surface area contributed by atoms with Gasteiger partial charge in [-0.1, -0.05) is 0 Å². The van der Waals surface area contributed by atoms with Crippen LogP contribution in [0.4, 0.5) is 0 Å². The highest BCUT2D eigenvalue weighted by Crippen LogP contribution is 2.18. The zero-order valence-electron chi connectivity index (χ0n) is 9.54. The molecule has 0 bridgehead atoms. The Labute approximate surface area is 95.9 Å². The first-order chi connectivity index (χ1) is 7.86. The van der Waals surface area contributed by atoms with Gasteiger partial charge in [-0.25, -0.2) is 0 Å². The van der Waals surface area contributed by atoms with Gasteiger partial charge in [0.15, 0.2) is 6.10 Å². The van der Waals surface area contributed by atoms with Gasteiger partial charge in [0.25, 0.3) is 5.91 Å². The van der Waals surface area contributed by atoms with Crippen LogP contribution in [0.1, 0.15) is 19.3 Å². The molecule has 1 saturated carbocycles. The standard InChI is InChI=1S/C11H20N2O3/c14-11(10-8-15-6-7-16-10)13-5-1-4-12-9-2-3-9/h9-10,12H,1-8H2,(H,13,14). The van der Waals surface area contributed by atoms with Crippen molar-refractivity contribution in [1.82, 2.24) is 10.6 Å². The Morgan fingerprint density at radius 1 is 1.25 bits per heavy atom. The summed E-state index contributed by atoms with van der Waals surface area (Å²) in [4.78, 5) is 11.6. The third-order valence-corrected chi connectivity index (χ3v) is 2.77. The van der Waals surface area contributed by atoms with E-state index in [9.17, 15) is 4.79 Å². The lowest BCUT2D eigenvalue weighted by Gasteiger charge is -2.22. The fraction of sp³-hybridized carbons (Fsp3) is 0.909. The Hall–Kier alpha value is -0.650. The van der Waals surface area contributed by atoms with E-state index in [0.29, 0.717) is 26.4 Å². The maximum absolute atomic E-state index is 11.6. The van der Waals surface area contributed by atoms with Crippen molar-refractivity contribution in [2.45, 2.75) is 31.4 Å². The van der Waals surface area contributed by atoms with Crippen LogP contribution in [0.5, 0.6) is 0 Å². The molecule has 5 nitrogen and oxygen atoms in total. The Kier molecular flexibility index (Phi) is 4.56. The SMILES string of the molecule is O=C(NCCCNC1CC1)C1COCCO1. The number of amides is 1. The zero-order chi connectivity index (χ0) is 11.2. The van der Waals surface area contributed by atoms with E-state index in [2.05, 4.69) is 10.6 Å². The molecule has 1 heterocycles. The van der Waals surface area contributed by atoms with Crippen molar-refractivity contribution in [1.29, 1.82) is 0 Å². The molecule has 0 aromatic rings. The van der Waals surface area contributed by atoms with E-state index in [1.807, 2.05) is 0 Å². The Balaban J connectivity index is 1.48. The van der Waals surface area contributed by atoms with Gasteiger partial charge in [-0.05, 0) is 25.8 Å². The topological polar surface area (TPSA) is 59.6 Å². The minimum Gasteiger partial charge on any atom is -0.376 e. The van der Waals surface area contributed by atoms with Crippen LogP contribution in [-0.4, -0.2) is 51.0 Å². The summed E-state index contributed by atoms with van der Waals surface area (Å²) in [6, 6.07) is 0.741. The predicted molar refractivity (Wildman–Crippen MR) is 59.2 cm³/mol. The van der Waals surface area contributed by atoms with Crippen LogP contribution >= 0.6 is 0 Å². The van der Waals surface area contributed by atoms with Crippen molar-refractivity contribution in [2.24, 2.45) is 0 Å². The molecule has 1 aliphatic carbocycles. The maximum atomic E-state index is 11.6. The molecule has 0 aromatic carbocycles. The van der Waals surface area contributed by atoms with E-state index in [-0.39, 0.29) is 5.91 Å². The molecule has 0 radical (unpaired) electrons. The second-order valence-electron chi connectivity index (χ2n) is 4.31. The van der Waals surface area contributed by atoms with Crippen molar-refractivity contribution in [3.8, 4) is 0 Å². The number of ether oxygens (including phenoxy) is 2. The fourth-order valence-corrected chi connectivity index (χ4v) is 1.65. The largest absolute Gasteiger partial charge is 0.376 e. The summed E-state index contributed by atoms with van der Waals surface area (Å²) in [6.45, 7) is 3.17. The van der Waals surface area contributed by atoms with Gasteiger partial charge in [0.2, 0.25) is 0 Å². The number of carbonyl (C=O) groups excluding carboxylic acids is 1. The Bertz CT molecular complexity index is 225. The highest BCUT2D eigenvalue weighted by Gasteiger charge is 2.22. The third kappa shape index (κ3) is 4.08. The van der Waals surface area contributed by atoms with Crippen LogP contribution in [0.25, 0.3) is 0 Å². The molecular formula is C11H20N2O3. The molecule has 2 aliphatic rings. The van der Waals surface area contributed by atoms with Gasteiger partial charge in [-0.2, -0.15) is 0 Å². The van der Waals surface area contributed by atoms with E-state index in [0.717, 1.165) is 19.0 Å². The molecule has 1 amide bonds. The molecule has 2 rings (SSSR count). The average Bonchev–Trinajstić information content (AvgIpc) is 3.13. The Morgan fingerprint density at radius 3 is 2.81 bits per heavy atom. The summed E-state index contributed by atoms with van der Waals surface area (Å²) >= 11 is 0. The van der Waals surface area contributed by atoms with Crippen LogP contribution in [-0.2, 0) is 14.3 Å². The van der Waals surface area contributed by atoms with E-state index >= 15 is 0 Å². The summed E-state index contributed by atoms with van der Waals surface area (Å²) in [5.41, 5.74) is 0. The van der Waals surface area contributed by atoms with E-state index < -0.39 is 6.10 Å². The van der Waals surface area contributed by atoms with E-state index in [1.54, 1.807) is 0 Å². The normalized spacial score (nSPS) is 25.4. The van der Waals surface area contributed by atoms with Gasteiger partial charge < -0.3 is 20.1 Å². The summed E-state index contributed by atoms with van der Waals surface area (Å²) in [5, 5.41) is 6.27. The molecule has 1 unspecified atom stereocenters. The van der Waals surface area contributed by atoms with Crippen LogP contribution in [0.2, 0.25) is 0 Å². The molecule has 16 heavy (non-hydrogen) atoms. The maximum Gasteiger partial charge on any atom is 0.251 e. The van der Waals surface area contributed by atoms with Gasteiger partial charge in [0.1, 0.15) is 0 Å². The lowest BCUT2D eigenvalue weighted by atomic mass is 10.3. The van der Waals surface area contributed by atoms with Crippen molar-refractivity contribution in [3.63, 3.8) is 0 Å². The van der Waals surface area contributed by atoms with Crippen molar-refractivity contribution in [3.05, 3.63) is 0 Å². The van der Waals surface area contributed by atoms with Gasteiger partial charge in [0.05, 0.1) is 19.8 Å². The van der Waals surface area contributed by atoms with Crippen molar-refractivity contribution < 1.29 is 14.3 Å². The number of nitrogens with one attached hydrogen (secondary N) is 2. The monoisotopic (exact) mass is 228 g/mol. The fourth-order valence-electron chi connectivity index (χ4n) is 1.65. The van der Waals surface area contributed by atoms with Crippen molar-refractivity contribution in [2.75, 3.05) is 32.9 Å². The molecule has 0 spiro atoms. The van der Waals surface area contributed by atoms with Gasteiger partial charge in [0, 0.05) is 12.6 Å². The van der Waals surface area contributed by atoms with Crippen LogP contribution < -0.4 is 10.6 Å². The van der Waals surface area contributed by atoms with Crippen LogP contribution in [0, 0.1) is 0 Å². The van der Waals surface area contributed by atoms with Crippen LogP contribution in [0.15, 0.2) is 0 Å². The summed E-state index contributed by atoms with van der Waals surface area (Å²) in [5.74, 6) is -0.0499. The van der Waals surface area contributed by atoms with Crippen LogP contribution in [0.3, 0.4) is 0 Å². The quantitative estimate of drug-likeness (QED) is 0.611. The second-order valence-corrected chi connectivity index (χ2v) is 4.31. The lowest BCUT2D eigenvalue weighted by Crippen LogP contribution is -2.43. The molecule has 1 saturated heterocycles. The predicted octanol–water partition coefficient (Wildman–Crippen LogP) is -0.340. The molecule has 92 valence electrons. The molecule has 1 aliphatic heterocycles. The van der Waals surface area contributed by atoms with Gasteiger partial charge >= 0.3 is 0 Å². The smallest absolute Gasteiger partial charge is 0.251 e. The number of hydrogen-bond acceptors (Lipinski definition) is 4. The highest BCUT2D eigenvalue weighted by atomic mass is 16.6. The number of hydrogen-bond donors (Lipinski definition) is 2. The average molecular weight is 228 g/mol. The molecule has 5 heteroatoms. The molecule has 2 N–H and O–H groups in total. The first-order valence-corrected chi connectivity index (χ1v) is 6.07. The minimum atomic E-state index is -0.412. The molecule has 2 fully saturated rings. The van der Waals surface area contributed by atoms with Gasteiger partial charge in [-0.15, -0.1) is 0 Å². The van der Waals surface area contributed by atoms with Crippen molar-refractivity contribution >= 4 is 5.91 Å². The Morgan fingerprint density at radius 2 is 2.12 bits per heavy atom. The second kappa shape index (κ2) is 6.18. The molecule has 1 atom stereocenters. The number of rotatable bonds is 6. The van der Waals surface area contributed by atoms with Gasteiger partial charge in [-0.3, -0.25) is 4.79 Å². The molecular weight excluding hydrogens is 208 g/mol. The summed E-state index contributed by atoms with van der Waals surface area (Å²) in [6.07, 6.45) is 3.17. The first-order valence-electron chi connectivity index (χ1n) is 6.07. The first kappa shape index (κ1) is 11.8. The zero-order valence-corrected chi connectivity index (χ0v) is 9.54.